The van der Waals surface area contributed by atoms with Gasteiger partial charge in [-0.15, -0.1) is 0 Å². The summed E-state index contributed by atoms with van der Waals surface area (Å²) in [4.78, 5) is 0. The molecule has 0 aromatic heterocycles. The van der Waals surface area contributed by atoms with E-state index in [-0.39, 0.29) is 7.69 Å². The minimum Gasteiger partial charge on any atom is -0.529 e. The highest BCUT2D eigenvalue weighted by Crippen LogP contribution is 2.17. The molecular weight excluding hydrogens is 227 g/mol. The summed E-state index contributed by atoms with van der Waals surface area (Å²) in [5.41, 5.74) is 0. The molecular formula is C14H15BO3. The summed E-state index contributed by atoms with van der Waals surface area (Å²) in [5, 5.41) is 0. The minimum atomic E-state index is 0.192. The molecule has 0 heterocycles. The number of rotatable bonds is 6. The quantitative estimate of drug-likeness (QED) is 0.729. The summed E-state index contributed by atoms with van der Waals surface area (Å²) in [6.45, 7) is 2.62. The van der Waals surface area contributed by atoms with Crippen LogP contribution in [0.15, 0.2) is 54.6 Å². The first-order valence-corrected chi connectivity index (χ1v) is 5.92. The zero-order valence-corrected chi connectivity index (χ0v) is 10.3. The second-order valence-corrected chi connectivity index (χ2v) is 3.62. The fourth-order valence-electron chi connectivity index (χ4n) is 1.48. The van der Waals surface area contributed by atoms with Crippen LogP contribution in [0.1, 0.15) is 6.92 Å². The van der Waals surface area contributed by atoms with Crippen molar-refractivity contribution in [2.75, 3.05) is 6.61 Å². The van der Waals surface area contributed by atoms with E-state index < -0.39 is 0 Å². The molecule has 3 nitrogen and oxygen atoms in total. The lowest BCUT2D eigenvalue weighted by Crippen LogP contribution is -2.10. The number of para-hydroxylation sites is 1. The Morgan fingerprint density at radius 2 is 1.33 bits per heavy atom. The van der Waals surface area contributed by atoms with Crippen molar-refractivity contribution in [2.45, 2.75) is 6.92 Å². The van der Waals surface area contributed by atoms with Crippen molar-refractivity contribution in [1.82, 2.24) is 0 Å². The molecule has 0 atom stereocenters. The molecule has 0 aliphatic heterocycles. The van der Waals surface area contributed by atoms with Crippen molar-refractivity contribution in [3.63, 3.8) is 0 Å². The highest BCUT2D eigenvalue weighted by Gasteiger charge is 1.99. The first kappa shape index (κ1) is 12.4. The van der Waals surface area contributed by atoms with Gasteiger partial charge in [-0.3, -0.25) is 0 Å². The monoisotopic (exact) mass is 242 g/mol. The van der Waals surface area contributed by atoms with Crippen molar-refractivity contribution >= 4 is 7.69 Å². The predicted octanol–water partition coefficient (Wildman–Crippen LogP) is 2.81. The van der Waals surface area contributed by atoms with Gasteiger partial charge in [-0.05, 0) is 43.3 Å². The Morgan fingerprint density at radius 3 is 1.94 bits per heavy atom. The van der Waals surface area contributed by atoms with Gasteiger partial charge in [0.2, 0.25) is 0 Å². The second kappa shape index (κ2) is 6.59. The molecule has 2 rings (SSSR count). The van der Waals surface area contributed by atoms with Crippen LogP contribution in [0, 0.1) is 0 Å². The van der Waals surface area contributed by atoms with Crippen LogP contribution in [0.3, 0.4) is 0 Å². The molecule has 0 aliphatic carbocycles. The molecule has 0 radical (unpaired) electrons. The molecule has 2 aromatic carbocycles. The molecule has 0 saturated heterocycles. The molecule has 0 bridgehead atoms. The number of ether oxygens (including phenoxy) is 1. The van der Waals surface area contributed by atoms with Crippen molar-refractivity contribution in [3.8, 4) is 17.2 Å². The van der Waals surface area contributed by atoms with Gasteiger partial charge in [-0.25, -0.2) is 0 Å². The maximum atomic E-state index is 5.47. The lowest BCUT2D eigenvalue weighted by atomic mass is 10.3. The van der Waals surface area contributed by atoms with E-state index in [4.69, 9.17) is 14.0 Å². The molecule has 0 saturated carbocycles. The standard InChI is InChI=1S/C14H15BO3/c1-2-16-12-8-10-14(11-9-12)18-15-17-13-6-4-3-5-7-13/h3-11,15H,2H2,1H3. The van der Waals surface area contributed by atoms with Crippen molar-refractivity contribution in [1.29, 1.82) is 0 Å². The second-order valence-electron chi connectivity index (χ2n) is 3.62. The van der Waals surface area contributed by atoms with Gasteiger partial charge < -0.3 is 14.0 Å². The zero-order valence-electron chi connectivity index (χ0n) is 10.3. The van der Waals surface area contributed by atoms with E-state index in [1.807, 2.05) is 61.5 Å². The summed E-state index contributed by atoms with van der Waals surface area (Å²) in [6, 6.07) is 17.0. The van der Waals surface area contributed by atoms with E-state index in [9.17, 15) is 0 Å². The summed E-state index contributed by atoms with van der Waals surface area (Å²) >= 11 is 0. The third kappa shape index (κ3) is 3.73. The summed E-state index contributed by atoms with van der Waals surface area (Å²) in [5.74, 6) is 2.40. The molecule has 0 aliphatic rings. The molecule has 18 heavy (non-hydrogen) atoms. The first-order chi connectivity index (χ1) is 8.88. The van der Waals surface area contributed by atoms with Crippen molar-refractivity contribution in [3.05, 3.63) is 54.6 Å². The fraction of sp³-hybridized carbons (Fsp3) is 0.143. The van der Waals surface area contributed by atoms with Gasteiger partial charge in [0.1, 0.15) is 17.2 Å². The SMILES string of the molecule is CCOc1ccc(OBOc2ccccc2)cc1. The lowest BCUT2D eigenvalue weighted by Gasteiger charge is -2.08. The van der Waals surface area contributed by atoms with Crippen LogP contribution in [-0.4, -0.2) is 14.3 Å². The van der Waals surface area contributed by atoms with E-state index in [1.54, 1.807) is 0 Å². The van der Waals surface area contributed by atoms with Crippen LogP contribution >= 0.6 is 0 Å². The number of hydrogen-bond acceptors (Lipinski definition) is 3. The minimum absolute atomic E-state index is 0.192. The summed E-state index contributed by atoms with van der Waals surface area (Å²) in [7, 11) is 0.192. The van der Waals surface area contributed by atoms with E-state index >= 15 is 0 Å². The van der Waals surface area contributed by atoms with Gasteiger partial charge >= 0.3 is 7.69 Å². The molecule has 0 fully saturated rings. The van der Waals surface area contributed by atoms with Gasteiger partial charge in [-0.1, -0.05) is 18.2 Å². The largest absolute Gasteiger partial charge is 0.576 e. The first-order valence-electron chi connectivity index (χ1n) is 5.92. The van der Waals surface area contributed by atoms with Gasteiger partial charge in [0.05, 0.1) is 6.61 Å². The van der Waals surface area contributed by atoms with Crippen LogP contribution in [0.5, 0.6) is 17.2 Å². The van der Waals surface area contributed by atoms with Gasteiger partial charge in [-0.2, -0.15) is 0 Å². The topological polar surface area (TPSA) is 27.7 Å². The number of hydrogen-bond donors (Lipinski definition) is 0. The Morgan fingerprint density at radius 1 is 0.778 bits per heavy atom. The highest BCUT2D eigenvalue weighted by atomic mass is 16.6. The van der Waals surface area contributed by atoms with Crippen LogP contribution in [0.2, 0.25) is 0 Å². The molecule has 0 spiro atoms. The maximum absolute atomic E-state index is 5.47. The van der Waals surface area contributed by atoms with Crippen LogP contribution in [-0.2, 0) is 0 Å². The van der Waals surface area contributed by atoms with Crippen LogP contribution in [0.4, 0.5) is 0 Å². The zero-order chi connectivity index (χ0) is 12.6. The smallest absolute Gasteiger partial charge is 0.529 e. The van der Waals surface area contributed by atoms with E-state index in [0.717, 1.165) is 17.2 Å². The Hall–Kier alpha value is -2.10. The third-order valence-corrected chi connectivity index (χ3v) is 2.33. The Labute approximate surface area is 108 Å². The van der Waals surface area contributed by atoms with E-state index in [1.165, 1.54) is 0 Å². The molecule has 0 N–H and O–H groups in total. The van der Waals surface area contributed by atoms with Gasteiger partial charge in [0, 0.05) is 0 Å². The van der Waals surface area contributed by atoms with Crippen molar-refractivity contribution in [2.24, 2.45) is 0 Å². The predicted molar refractivity (Wildman–Crippen MR) is 72.5 cm³/mol. The maximum Gasteiger partial charge on any atom is 0.576 e. The van der Waals surface area contributed by atoms with Gasteiger partial charge in [0.25, 0.3) is 0 Å². The summed E-state index contributed by atoms with van der Waals surface area (Å²) < 4.78 is 16.2. The molecule has 4 heteroatoms. The fourth-order valence-corrected chi connectivity index (χ4v) is 1.48. The van der Waals surface area contributed by atoms with Crippen LogP contribution in [0.25, 0.3) is 0 Å². The normalized spacial score (nSPS) is 9.61. The average molecular weight is 242 g/mol. The molecule has 0 amide bonds. The Balaban J connectivity index is 1.80. The van der Waals surface area contributed by atoms with Gasteiger partial charge in [0.15, 0.2) is 0 Å². The summed E-state index contributed by atoms with van der Waals surface area (Å²) in [6.07, 6.45) is 0. The highest BCUT2D eigenvalue weighted by molar-refractivity contribution is 6.20. The van der Waals surface area contributed by atoms with E-state index in [0.29, 0.717) is 6.61 Å². The Bertz CT molecular complexity index is 456. The third-order valence-electron chi connectivity index (χ3n) is 2.33. The van der Waals surface area contributed by atoms with Crippen molar-refractivity contribution < 1.29 is 14.0 Å². The van der Waals surface area contributed by atoms with E-state index in [2.05, 4.69) is 0 Å². The number of benzene rings is 2. The van der Waals surface area contributed by atoms with Crippen LogP contribution < -0.4 is 14.0 Å². The Kier molecular flexibility index (Phi) is 4.53. The lowest BCUT2D eigenvalue weighted by molar-refractivity contribution is 0.339. The molecule has 2 aromatic rings. The average Bonchev–Trinajstić information content (AvgIpc) is 2.42. The molecule has 92 valence electrons. The molecule has 0 unspecified atom stereocenters.